The van der Waals surface area contributed by atoms with E-state index < -0.39 is 0 Å². The highest BCUT2D eigenvalue weighted by atomic mass is 16.3. The predicted molar refractivity (Wildman–Crippen MR) is 104 cm³/mol. The van der Waals surface area contributed by atoms with Gasteiger partial charge < -0.3 is 9.73 Å². The fourth-order valence-electron chi connectivity index (χ4n) is 2.87. The lowest BCUT2D eigenvalue weighted by atomic mass is 10.2. The number of aromatic nitrogens is 3. The van der Waals surface area contributed by atoms with Gasteiger partial charge in [0, 0.05) is 18.5 Å². The van der Waals surface area contributed by atoms with Gasteiger partial charge >= 0.3 is 0 Å². The largest absolute Gasteiger partial charge is 0.444 e. The Morgan fingerprint density at radius 2 is 1.86 bits per heavy atom. The molecule has 28 heavy (non-hydrogen) atoms. The number of nitrogens with zero attached hydrogens (tertiary/aromatic N) is 3. The molecule has 0 radical (unpaired) electrons. The lowest BCUT2D eigenvalue weighted by Gasteiger charge is -2.07. The second kappa shape index (κ2) is 7.87. The normalized spacial score (nSPS) is 10.9. The molecule has 0 aliphatic rings. The smallest absolute Gasteiger partial charge is 0.261 e. The van der Waals surface area contributed by atoms with E-state index in [-0.39, 0.29) is 31.0 Å². The van der Waals surface area contributed by atoms with Gasteiger partial charge in [-0.1, -0.05) is 30.3 Å². The second-order valence-corrected chi connectivity index (χ2v) is 6.30. The molecule has 140 valence electrons. The number of fused-ring (bicyclic) bond motifs is 1. The summed E-state index contributed by atoms with van der Waals surface area (Å²) < 4.78 is 6.90. The molecule has 4 aromatic rings. The molecule has 1 amide bonds. The first kappa shape index (κ1) is 17.7. The highest BCUT2D eigenvalue weighted by Gasteiger charge is 2.09. The predicted octanol–water partition coefficient (Wildman–Crippen LogP) is 2.76. The molecule has 2 aromatic carbocycles. The van der Waals surface area contributed by atoms with Crippen molar-refractivity contribution in [3.8, 4) is 11.5 Å². The minimum Gasteiger partial charge on any atom is -0.444 e. The van der Waals surface area contributed by atoms with Crippen LogP contribution in [0.5, 0.6) is 0 Å². The van der Waals surface area contributed by atoms with Gasteiger partial charge in [0.25, 0.3) is 5.56 Å². The Morgan fingerprint density at radius 3 is 2.71 bits per heavy atom. The van der Waals surface area contributed by atoms with Crippen LogP contribution in [0.1, 0.15) is 12.1 Å². The molecule has 2 aromatic heterocycles. The highest BCUT2D eigenvalue weighted by molar-refractivity contribution is 5.77. The molecule has 0 aliphatic heterocycles. The number of carbonyl (C=O) groups is 1. The van der Waals surface area contributed by atoms with E-state index >= 15 is 0 Å². The third kappa shape index (κ3) is 3.83. The molecule has 0 spiro atoms. The van der Waals surface area contributed by atoms with Crippen LogP contribution in [-0.2, 0) is 17.9 Å². The average molecular weight is 374 g/mol. The molecule has 7 nitrogen and oxygen atoms in total. The van der Waals surface area contributed by atoms with Gasteiger partial charge in [-0.25, -0.2) is 9.97 Å². The van der Waals surface area contributed by atoms with Crippen LogP contribution >= 0.6 is 0 Å². The SMILES string of the molecule is O=C(CCn1cnc2ccccc2c1=O)NCc1coc(-c2ccccc2)n1. The fraction of sp³-hybridized carbons (Fsp3) is 0.143. The summed E-state index contributed by atoms with van der Waals surface area (Å²) in [5, 5.41) is 3.34. The van der Waals surface area contributed by atoms with Crippen LogP contribution < -0.4 is 10.9 Å². The number of para-hydroxylation sites is 1. The lowest BCUT2D eigenvalue weighted by Crippen LogP contribution is -2.27. The second-order valence-electron chi connectivity index (χ2n) is 6.30. The number of hydrogen-bond acceptors (Lipinski definition) is 5. The molecule has 7 heteroatoms. The Hall–Kier alpha value is -3.74. The van der Waals surface area contributed by atoms with Gasteiger partial charge in [0.2, 0.25) is 11.8 Å². The van der Waals surface area contributed by atoms with Crippen molar-refractivity contribution in [2.75, 3.05) is 0 Å². The zero-order valence-electron chi connectivity index (χ0n) is 15.0. The van der Waals surface area contributed by atoms with E-state index in [4.69, 9.17) is 4.42 Å². The zero-order chi connectivity index (χ0) is 19.3. The zero-order valence-corrected chi connectivity index (χ0v) is 15.0. The van der Waals surface area contributed by atoms with E-state index in [0.29, 0.717) is 22.5 Å². The van der Waals surface area contributed by atoms with E-state index in [2.05, 4.69) is 15.3 Å². The van der Waals surface area contributed by atoms with Crippen LogP contribution in [-0.4, -0.2) is 20.4 Å². The number of aryl methyl sites for hydroxylation is 1. The summed E-state index contributed by atoms with van der Waals surface area (Å²) in [6.07, 6.45) is 3.17. The molecule has 0 saturated carbocycles. The van der Waals surface area contributed by atoms with Gasteiger partial charge in [-0.05, 0) is 24.3 Å². The molecule has 2 heterocycles. The van der Waals surface area contributed by atoms with Crippen LogP contribution in [0.25, 0.3) is 22.4 Å². The summed E-state index contributed by atoms with van der Waals surface area (Å²) in [6, 6.07) is 16.7. The molecule has 0 unspecified atom stereocenters. The number of rotatable bonds is 6. The number of benzene rings is 2. The van der Waals surface area contributed by atoms with E-state index in [0.717, 1.165) is 5.56 Å². The summed E-state index contributed by atoms with van der Waals surface area (Å²) in [7, 11) is 0. The lowest BCUT2D eigenvalue weighted by molar-refractivity contribution is -0.121. The quantitative estimate of drug-likeness (QED) is 0.560. The summed E-state index contributed by atoms with van der Waals surface area (Å²) in [5.41, 5.74) is 2.01. The van der Waals surface area contributed by atoms with Crippen LogP contribution in [0.2, 0.25) is 0 Å². The Morgan fingerprint density at radius 1 is 1.07 bits per heavy atom. The first-order valence-corrected chi connectivity index (χ1v) is 8.91. The molecule has 0 atom stereocenters. The molecule has 1 N–H and O–H groups in total. The molecule has 0 saturated heterocycles. The minimum absolute atomic E-state index is 0.151. The van der Waals surface area contributed by atoms with Gasteiger partial charge in [0.1, 0.15) is 6.26 Å². The van der Waals surface area contributed by atoms with Crippen molar-refractivity contribution in [2.45, 2.75) is 19.5 Å². The van der Waals surface area contributed by atoms with Crippen molar-refractivity contribution in [2.24, 2.45) is 0 Å². The number of carbonyl (C=O) groups excluding carboxylic acids is 1. The van der Waals surface area contributed by atoms with Gasteiger partial charge in [-0.15, -0.1) is 0 Å². The first-order chi connectivity index (χ1) is 13.7. The van der Waals surface area contributed by atoms with Crippen molar-refractivity contribution < 1.29 is 9.21 Å². The Bertz CT molecular complexity index is 1160. The Labute approximate surface area is 160 Å². The molecular formula is C21H18N4O3. The van der Waals surface area contributed by atoms with Gasteiger partial charge in [-0.3, -0.25) is 14.2 Å². The van der Waals surface area contributed by atoms with Crippen LogP contribution in [0.15, 0.2) is 76.4 Å². The van der Waals surface area contributed by atoms with Crippen LogP contribution in [0, 0.1) is 0 Å². The van der Waals surface area contributed by atoms with Crippen molar-refractivity contribution in [3.63, 3.8) is 0 Å². The van der Waals surface area contributed by atoms with Gasteiger partial charge in [0.05, 0.1) is 29.5 Å². The third-order valence-corrected chi connectivity index (χ3v) is 4.35. The number of nitrogens with one attached hydrogen (secondary N) is 1. The Kier molecular flexibility index (Phi) is 4.97. The number of amides is 1. The van der Waals surface area contributed by atoms with Crippen LogP contribution in [0.4, 0.5) is 0 Å². The monoisotopic (exact) mass is 374 g/mol. The molecule has 0 bridgehead atoms. The molecule has 4 rings (SSSR count). The van der Waals surface area contributed by atoms with Crippen molar-refractivity contribution in [3.05, 3.63) is 83.2 Å². The third-order valence-electron chi connectivity index (χ3n) is 4.35. The number of hydrogen-bond donors (Lipinski definition) is 1. The number of oxazole rings is 1. The van der Waals surface area contributed by atoms with E-state index in [1.807, 2.05) is 36.4 Å². The summed E-state index contributed by atoms with van der Waals surface area (Å²) in [6.45, 7) is 0.524. The van der Waals surface area contributed by atoms with Crippen molar-refractivity contribution in [1.82, 2.24) is 19.9 Å². The van der Waals surface area contributed by atoms with Crippen molar-refractivity contribution >= 4 is 16.8 Å². The van der Waals surface area contributed by atoms with E-state index in [9.17, 15) is 9.59 Å². The maximum atomic E-state index is 12.4. The summed E-state index contributed by atoms with van der Waals surface area (Å²) in [4.78, 5) is 33.2. The summed E-state index contributed by atoms with van der Waals surface area (Å²) in [5.74, 6) is 0.336. The van der Waals surface area contributed by atoms with Gasteiger partial charge in [-0.2, -0.15) is 0 Å². The standard InChI is InChI=1S/C21H18N4O3/c26-19(10-11-25-14-23-18-9-5-4-8-17(18)21(25)27)22-12-16-13-28-20(24-16)15-6-2-1-3-7-15/h1-9,13-14H,10-12H2,(H,22,26). The Balaban J connectivity index is 1.34. The fourth-order valence-corrected chi connectivity index (χ4v) is 2.87. The van der Waals surface area contributed by atoms with E-state index in [1.165, 1.54) is 17.2 Å². The first-order valence-electron chi connectivity index (χ1n) is 8.91. The summed E-state index contributed by atoms with van der Waals surface area (Å²) >= 11 is 0. The highest BCUT2D eigenvalue weighted by Crippen LogP contribution is 2.17. The maximum absolute atomic E-state index is 12.4. The molecular weight excluding hydrogens is 356 g/mol. The molecule has 0 fully saturated rings. The van der Waals surface area contributed by atoms with Crippen LogP contribution in [0.3, 0.4) is 0 Å². The maximum Gasteiger partial charge on any atom is 0.261 e. The topological polar surface area (TPSA) is 90.0 Å². The minimum atomic E-state index is -0.177. The van der Waals surface area contributed by atoms with Gasteiger partial charge in [0.15, 0.2) is 0 Å². The van der Waals surface area contributed by atoms with Crippen molar-refractivity contribution in [1.29, 1.82) is 0 Å². The average Bonchev–Trinajstić information content (AvgIpc) is 3.22. The molecule has 0 aliphatic carbocycles. The van der Waals surface area contributed by atoms with E-state index in [1.54, 1.807) is 18.2 Å².